The topological polar surface area (TPSA) is 29.5 Å². The maximum Gasteiger partial charge on any atom is 0.168 e. The van der Waals surface area contributed by atoms with Gasteiger partial charge in [-0.05, 0) is 39.5 Å². The van der Waals surface area contributed by atoms with Crippen LogP contribution in [0.15, 0.2) is 12.2 Å². The zero-order valence-corrected chi connectivity index (χ0v) is 12.6. The Bertz CT molecular complexity index is 351. The summed E-state index contributed by atoms with van der Waals surface area (Å²) in [5.74, 6) is 1.25. The maximum atomic E-state index is 11.4. The first-order valence-corrected chi connectivity index (χ1v) is 7.49. The predicted octanol–water partition coefficient (Wildman–Crippen LogP) is 3.00. The Morgan fingerprint density at radius 2 is 2.11 bits per heavy atom. The van der Waals surface area contributed by atoms with Crippen molar-refractivity contribution in [2.75, 3.05) is 6.54 Å². The number of hydrogen-bond acceptors (Lipinski definition) is 3. The van der Waals surface area contributed by atoms with Crippen molar-refractivity contribution in [3.05, 3.63) is 12.2 Å². The Morgan fingerprint density at radius 3 is 2.74 bits per heavy atom. The van der Waals surface area contributed by atoms with Gasteiger partial charge in [0.2, 0.25) is 0 Å². The third-order valence-corrected chi connectivity index (χ3v) is 4.98. The minimum absolute atomic E-state index is 0.0220. The van der Waals surface area contributed by atoms with Crippen LogP contribution in [0, 0.1) is 11.8 Å². The van der Waals surface area contributed by atoms with Crippen LogP contribution in [0.5, 0.6) is 0 Å². The highest BCUT2D eigenvalue weighted by molar-refractivity contribution is 5.56. The lowest BCUT2D eigenvalue weighted by Gasteiger charge is -2.56. The molecule has 0 aromatic heterocycles. The van der Waals surface area contributed by atoms with E-state index in [0.717, 1.165) is 19.3 Å². The number of ether oxygens (including phenoxy) is 1. The van der Waals surface area contributed by atoms with Crippen molar-refractivity contribution in [1.29, 1.82) is 0 Å². The third-order valence-electron chi connectivity index (χ3n) is 4.98. The van der Waals surface area contributed by atoms with Crippen molar-refractivity contribution in [3.8, 4) is 0 Å². The quantitative estimate of drug-likeness (QED) is 0.580. The van der Waals surface area contributed by atoms with E-state index in [1.807, 2.05) is 13.0 Å². The fourth-order valence-corrected chi connectivity index (χ4v) is 3.74. The van der Waals surface area contributed by atoms with E-state index < -0.39 is 6.23 Å². The molecule has 1 saturated heterocycles. The summed E-state index contributed by atoms with van der Waals surface area (Å²) >= 11 is 0. The molecule has 3 nitrogen and oxygen atoms in total. The second-order valence-corrected chi connectivity index (χ2v) is 6.60. The molecular weight excluding hydrogens is 238 g/mol. The Hall–Kier alpha value is -0.670. The van der Waals surface area contributed by atoms with Crippen LogP contribution in [0.4, 0.5) is 0 Å². The molecule has 19 heavy (non-hydrogen) atoms. The number of rotatable bonds is 3. The van der Waals surface area contributed by atoms with Crippen molar-refractivity contribution in [1.82, 2.24) is 4.90 Å². The van der Waals surface area contributed by atoms with Crippen LogP contribution in [0.1, 0.15) is 47.0 Å². The molecule has 0 bridgehead atoms. The molecule has 2 fully saturated rings. The van der Waals surface area contributed by atoms with Gasteiger partial charge in [-0.25, -0.2) is 0 Å². The van der Waals surface area contributed by atoms with Crippen LogP contribution in [0.25, 0.3) is 0 Å². The minimum atomic E-state index is -0.391. The second-order valence-electron chi connectivity index (χ2n) is 6.60. The van der Waals surface area contributed by atoms with E-state index >= 15 is 0 Å². The molecule has 1 aliphatic carbocycles. The molecule has 1 heterocycles. The molecule has 1 saturated carbocycles. The molecule has 0 unspecified atom stereocenters. The summed E-state index contributed by atoms with van der Waals surface area (Å²) in [4.78, 5) is 13.6. The first kappa shape index (κ1) is 14.7. The molecule has 0 radical (unpaired) electrons. The zero-order chi connectivity index (χ0) is 14.0. The molecular formula is C16H27NO2. The summed E-state index contributed by atoms with van der Waals surface area (Å²) < 4.78 is 6.08. The molecule has 0 N–H and O–H groups in total. The van der Waals surface area contributed by atoms with Crippen LogP contribution in [-0.2, 0) is 9.53 Å². The monoisotopic (exact) mass is 265 g/mol. The SMILES string of the molecule is C/C=C/CN1[C@H](C=O)O[C@@H]2C[C@H](C)CC[C@H]2C1(C)C. The molecule has 1 aliphatic heterocycles. The van der Waals surface area contributed by atoms with E-state index in [2.05, 4.69) is 31.7 Å². The molecule has 2 aliphatic rings. The minimum Gasteiger partial charge on any atom is -0.352 e. The van der Waals surface area contributed by atoms with Crippen molar-refractivity contribution in [3.63, 3.8) is 0 Å². The van der Waals surface area contributed by atoms with E-state index in [0.29, 0.717) is 11.8 Å². The van der Waals surface area contributed by atoms with Crippen LogP contribution < -0.4 is 0 Å². The van der Waals surface area contributed by atoms with E-state index in [1.54, 1.807) is 0 Å². The number of allylic oxidation sites excluding steroid dienone is 1. The van der Waals surface area contributed by atoms with Gasteiger partial charge in [0, 0.05) is 18.0 Å². The average Bonchev–Trinajstić information content (AvgIpc) is 2.36. The fourth-order valence-electron chi connectivity index (χ4n) is 3.74. The Kier molecular flexibility index (Phi) is 4.46. The fraction of sp³-hybridized carbons (Fsp3) is 0.812. The van der Waals surface area contributed by atoms with Gasteiger partial charge < -0.3 is 4.74 Å². The van der Waals surface area contributed by atoms with Crippen molar-refractivity contribution in [2.24, 2.45) is 11.8 Å². The first-order valence-electron chi connectivity index (χ1n) is 7.49. The molecule has 3 heteroatoms. The summed E-state index contributed by atoms with van der Waals surface area (Å²) in [6.07, 6.45) is 8.53. The first-order chi connectivity index (χ1) is 9.00. The van der Waals surface area contributed by atoms with Crippen molar-refractivity contribution in [2.45, 2.75) is 64.8 Å². The van der Waals surface area contributed by atoms with Crippen LogP contribution in [-0.4, -0.2) is 35.6 Å². The maximum absolute atomic E-state index is 11.4. The molecule has 0 aromatic rings. The summed E-state index contributed by atoms with van der Waals surface area (Å²) in [5.41, 5.74) is 0.0220. The number of fused-ring (bicyclic) bond motifs is 1. The molecule has 0 aromatic carbocycles. The molecule has 4 atom stereocenters. The lowest BCUT2D eigenvalue weighted by atomic mass is 9.70. The van der Waals surface area contributed by atoms with Crippen LogP contribution in [0.3, 0.4) is 0 Å². The summed E-state index contributed by atoms with van der Waals surface area (Å²) in [6.45, 7) is 9.62. The largest absolute Gasteiger partial charge is 0.352 e. The predicted molar refractivity (Wildman–Crippen MR) is 76.8 cm³/mol. The van der Waals surface area contributed by atoms with E-state index in [4.69, 9.17) is 4.74 Å². The molecule has 108 valence electrons. The van der Waals surface area contributed by atoms with Crippen molar-refractivity contribution < 1.29 is 9.53 Å². The number of hydrogen-bond donors (Lipinski definition) is 0. The van der Waals surface area contributed by atoms with Gasteiger partial charge in [-0.15, -0.1) is 0 Å². The summed E-state index contributed by atoms with van der Waals surface area (Å²) in [6, 6.07) is 0. The van der Waals surface area contributed by atoms with Gasteiger partial charge in [0.05, 0.1) is 6.10 Å². The standard InChI is InChI=1S/C16H27NO2/c1-5-6-9-17-15(11-18)19-14-10-12(2)7-8-13(14)16(17,3)4/h5-6,11-15H,7-10H2,1-4H3/b6-5+/t12-,13-,14-,15+/m1/s1. The number of carbonyl (C=O) groups excluding carboxylic acids is 1. The van der Waals surface area contributed by atoms with Crippen molar-refractivity contribution >= 4 is 6.29 Å². The second kappa shape index (κ2) is 5.76. The summed E-state index contributed by atoms with van der Waals surface area (Å²) in [7, 11) is 0. The Morgan fingerprint density at radius 1 is 1.37 bits per heavy atom. The third kappa shape index (κ3) is 2.77. The number of nitrogens with zero attached hydrogens (tertiary/aromatic N) is 1. The number of carbonyl (C=O) groups is 1. The average molecular weight is 265 g/mol. The van der Waals surface area contributed by atoms with E-state index in [9.17, 15) is 4.79 Å². The Balaban J connectivity index is 2.22. The van der Waals surface area contributed by atoms with E-state index in [-0.39, 0.29) is 11.6 Å². The lowest BCUT2D eigenvalue weighted by molar-refractivity contribution is -0.219. The highest BCUT2D eigenvalue weighted by Crippen LogP contribution is 2.44. The highest BCUT2D eigenvalue weighted by atomic mass is 16.5. The van der Waals surface area contributed by atoms with Gasteiger partial charge in [0.1, 0.15) is 0 Å². The van der Waals surface area contributed by atoms with Crippen LogP contribution in [0.2, 0.25) is 0 Å². The Labute approximate surface area is 117 Å². The molecule has 0 amide bonds. The van der Waals surface area contributed by atoms with Gasteiger partial charge in [-0.1, -0.05) is 25.5 Å². The molecule has 0 spiro atoms. The van der Waals surface area contributed by atoms with Gasteiger partial charge in [0.25, 0.3) is 0 Å². The lowest BCUT2D eigenvalue weighted by Crippen LogP contribution is -2.65. The summed E-state index contributed by atoms with van der Waals surface area (Å²) in [5, 5.41) is 0. The van der Waals surface area contributed by atoms with Gasteiger partial charge in [0.15, 0.2) is 12.5 Å². The number of aldehydes is 1. The van der Waals surface area contributed by atoms with Gasteiger partial charge in [-0.2, -0.15) is 0 Å². The highest BCUT2D eigenvalue weighted by Gasteiger charge is 2.49. The van der Waals surface area contributed by atoms with E-state index in [1.165, 1.54) is 12.8 Å². The van der Waals surface area contributed by atoms with Gasteiger partial charge >= 0.3 is 0 Å². The zero-order valence-electron chi connectivity index (χ0n) is 12.6. The molecule has 2 rings (SSSR count). The normalized spacial score (nSPS) is 39.2. The van der Waals surface area contributed by atoms with Crippen LogP contribution >= 0.6 is 0 Å². The van der Waals surface area contributed by atoms with Gasteiger partial charge in [-0.3, -0.25) is 9.69 Å². The smallest absolute Gasteiger partial charge is 0.168 e.